The van der Waals surface area contributed by atoms with E-state index in [0.29, 0.717) is 0 Å². The fourth-order valence-corrected chi connectivity index (χ4v) is 0.975. The summed E-state index contributed by atoms with van der Waals surface area (Å²) >= 11 is 0. The van der Waals surface area contributed by atoms with Gasteiger partial charge in [-0.15, -0.1) is 0 Å². The lowest BCUT2D eigenvalue weighted by atomic mass is 10.2. The molecule has 0 saturated heterocycles. The predicted molar refractivity (Wildman–Crippen MR) is 35.0 cm³/mol. The van der Waals surface area contributed by atoms with Crippen LogP contribution in [-0.2, 0) is 0 Å². The summed E-state index contributed by atoms with van der Waals surface area (Å²) in [6.07, 6.45) is 6.28. The van der Waals surface area contributed by atoms with Crippen LogP contribution in [0.3, 0.4) is 0 Å². The maximum Gasteiger partial charge on any atom is 0.0349 e. The smallest absolute Gasteiger partial charge is 0.0349 e. The quantitative estimate of drug-likeness (QED) is 0.547. The van der Waals surface area contributed by atoms with Gasteiger partial charge in [0.25, 0.3) is 0 Å². The molecular weight excluding hydrogens is 110 g/mol. The highest BCUT2D eigenvalue weighted by Crippen LogP contribution is 2.39. The molecule has 0 atom stereocenters. The van der Waals surface area contributed by atoms with Crippen LogP contribution in [0.15, 0.2) is 18.5 Å². The van der Waals surface area contributed by atoms with E-state index in [1.165, 1.54) is 18.4 Å². The Hall–Kier alpha value is -0.850. The molecular formula is C8H8N. The maximum absolute atomic E-state index is 3.90. The van der Waals surface area contributed by atoms with Crippen molar-refractivity contribution >= 4 is 0 Å². The molecule has 0 spiro atoms. The van der Waals surface area contributed by atoms with Gasteiger partial charge in [0.15, 0.2) is 0 Å². The molecule has 0 aromatic carbocycles. The molecule has 1 heterocycles. The van der Waals surface area contributed by atoms with E-state index in [9.17, 15) is 0 Å². The molecule has 1 heteroatoms. The zero-order chi connectivity index (χ0) is 6.10. The third-order valence-corrected chi connectivity index (χ3v) is 1.66. The first-order valence-electron chi connectivity index (χ1n) is 3.28. The largest absolute Gasteiger partial charge is 0.264 e. The van der Waals surface area contributed by atoms with E-state index < -0.39 is 0 Å². The van der Waals surface area contributed by atoms with Crippen LogP contribution in [0.2, 0.25) is 0 Å². The number of hydrogen-bond donors (Lipinski definition) is 0. The topological polar surface area (TPSA) is 12.9 Å². The molecule has 1 nitrogen and oxygen atoms in total. The third kappa shape index (κ3) is 0.947. The highest BCUT2D eigenvalue weighted by Gasteiger charge is 2.22. The molecule has 0 N–H and O–H groups in total. The summed E-state index contributed by atoms with van der Waals surface area (Å²) < 4.78 is 0. The van der Waals surface area contributed by atoms with Gasteiger partial charge >= 0.3 is 0 Å². The Morgan fingerprint density at radius 3 is 3.00 bits per heavy atom. The molecule has 1 aliphatic rings. The SMILES string of the molecule is [c]1cnccc1C1CC1. The Morgan fingerprint density at radius 2 is 2.44 bits per heavy atom. The molecule has 0 amide bonds. The van der Waals surface area contributed by atoms with E-state index in [-0.39, 0.29) is 0 Å². The van der Waals surface area contributed by atoms with Crippen molar-refractivity contribution in [3.8, 4) is 0 Å². The van der Waals surface area contributed by atoms with Gasteiger partial charge in [0.1, 0.15) is 0 Å². The number of hydrogen-bond acceptors (Lipinski definition) is 1. The van der Waals surface area contributed by atoms with Crippen LogP contribution in [0.5, 0.6) is 0 Å². The second kappa shape index (κ2) is 1.83. The van der Waals surface area contributed by atoms with E-state index >= 15 is 0 Å². The van der Waals surface area contributed by atoms with Gasteiger partial charge in [0.05, 0.1) is 0 Å². The van der Waals surface area contributed by atoms with E-state index in [1.54, 1.807) is 6.20 Å². The average Bonchev–Trinajstić information content (AvgIpc) is 2.71. The van der Waals surface area contributed by atoms with Crippen molar-refractivity contribution < 1.29 is 0 Å². The minimum atomic E-state index is 0.813. The van der Waals surface area contributed by atoms with Crippen molar-refractivity contribution in [2.24, 2.45) is 0 Å². The van der Waals surface area contributed by atoms with E-state index in [0.717, 1.165) is 5.92 Å². The Kier molecular flexibility index (Phi) is 1.01. The molecule has 45 valence electrons. The molecule has 2 rings (SSSR count). The number of nitrogens with zero attached hydrogens (tertiary/aromatic N) is 1. The van der Waals surface area contributed by atoms with Gasteiger partial charge in [0.2, 0.25) is 0 Å². The second-order valence-corrected chi connectivity index (χ2v) is 2.47. The lowest BCUT2D eigenvalue weighted by Gasteiger charge is -1.90. The summed E-state index contributed by atoms with van der Waals surface area (Å²) in [6, 6.07) is 5.17. The maximum atomic E-state index is 3.90. The van der Waals surface area contributed by atoms with Crippen LogP contribution in [0.4, 0.5) is 0 Å². The Morgan fingerprint density at radius 1 is 1.56 bits per heavy atom. The molecule has 1 aromatic heterocycles. The summed E-state index contributed by atoms with van der Waals surface area (Å²) in [6.45, 7) is 0. The molecule has 1 fully saturated rings. The standard InChI is InChI=1S/C8H8N/c1-2-7(1)8-3-5-9-6-4-8/h3,5-7H,1-2H2. The zero-order valence-corrected chi connectivity index (χ0v) is 5.17. The van der Waals surface area contributed by atoms with Crippen LogP contribution in [0.1, 0.15) is 24.3 Å². The van der Waals surface area contributed by atoms with E-state index in [1.807, 2.05) is 6.20 Å². The van der Waals surface area contributed by atoms with Crippen molar-refractivity contribution in [1.82, 2.24) is 4.98 Å². The van der Waals surface area contributed by atoms with Crippen molar-refractivity contribution in [3.05, 3.63) is 30.1 Å². The summed E-state index contributed by atoms with van der Waals surface area (Å²) in [5, 5.41) is 0. The summed E-state index contributed by atoms with van der Waals surface area (Å²) in [5.74, 6) is 0.813. The summed E-state index contributed by atoms with van der Waals surface area (Å²) in [5.41, 5.74) is 1.34. The van der Waals surface area contributed by atoms with Gasteiger partial charge in [-0.25, -0.2) is 0 Å². The summed E-state index contributed by atoms with van der Waals surface area (Å²) in [4.78, 5) is 3.90. The highest BCUT2D eigenvalue weighted by molar-refractivity contribution is 5.18. The van der Waals surface area contributed by atoms with Gasteiger partial charge in [-0.3, -0.25) is 4.98 Å². The van der Waals surface area contributed by atoms with Crippen LogP contribution in [-0.4, -0.2) is 4.98 Å². The number of pyridine rings is 1. The fraction of sp³-hybridized carbons (Fsp3) is 0.375. The Labute approximate surface area is 54.7 Å². The monoisotopic (exact) mass is 118 g/mol. The Bertz CT molecular complexity index is 189. The number of rotatable bonds is 1. The molecule has 0 aliphatic heterocycles. The lowest BCUT2D eigenvalue weighted by molar-refractivity contribution is 1.10. The summed E-state index contributed by atoms with van der Waals surface area (Å²) in [7, 11) is 0. The van der Waals surface area contributed by atoms with Crippen LogP contribution in [0, 0.1) is 6.07 Å². The molecule has 1 aliphatic carbocycles. The predicted octanol–water partition coefficient (Wildman–Crippen LogP) is 1.76. The molecule has 1 saturated carbocycles. The minimum absolute atomic E-state index is 0.813. The second-order valence-electron chi connectivity index (χ2n) is 2.47. The number of aromatic nitrogens is 1. The average molecular weight is 118 g/mol. The normalized spacial score (nSPS) is 17.8. The molecule has 1 aromatic rings. The van der Waals surface area contributed by atoms with Crippen molar-refractivity contribution in [3.63, 3.8) is 0 Å². The lowest BCUT2D eigenvalue weighted by Crippen LogP contribution is -1.77. The van der Waals surface area contributed by atoms with Crippen molar-refractivity contribution in [1.29, 1.82) is 0 Å². The van der Waals surface area contributed by atoms with Crippen molar-refractivity contribution in [2.75, 3.05) is 0 Å². The van der Waals surface area contributed by atoms with E-state index in [4.69, 9.17) is 0 Å². The molecule has 9 heavy (non-hydrogen) atoms. The molecule has 1 radical (unpaired) electrons. The molecule has 0 bridgehead atoms. The first-order valence-corrected chi connectivity index (χ1v) is 3.28. The highest BCUT2D eigenvalue weighted by atomic mass is 14.6. The van der Waals surface area contributed by atoms with Gasteiger partial charge < -0.3 is 0 Å². The fourth-order valence-electron chi connectivity index (χ4n) is 0.975. The van der Waals surface area contributed by atoms with Gasteiger partial charge in [0, 0.05) is 18.5 Å². The Balaban J connectivity index is 2.29. The van der Waals surface area contributed by atoms with Gasteiger partial charge in [-0.1, -0.05) is 0 Å². The van der Waals surface area contributed by atoms with Crippen LogP contribution in [0.25, 0.3) is 0 Å². The first-order chi connectivity index (χ1) is 4.47. The minimum Gasteiger partial charge on any atom is -0.264 e. The first kappa shape index (κ1) is 4.98. The van der Waals surface area contributed by atoms with Crippen LogP contribution < -0.4 is 0 Å². The van der Waals surface area contributed by atoms with Gasteiger partial charge in [-0.2, -0.15) is 0 Å². The van der Waals surface area contributed by atoms with Gasteiger partial charge in [-0.05, 0) is 30.4 Å². The van der Waals surface area contributed by atoms with Crippen molar-refractivity contribution in [2.45, 2.75) is 18.8 Å². The third-order valence-electron chi connectivity index (χ3n) is 1.66. The van der Waals surface area contributed by atoms with E-state index in [2.05, 4.69) is 17.1 Å². The zero-order valence-electron chi connectivity index (χ0n) is 5.17. The van der Waals surface area contributed by atoms with Crippen LogP contribution >= 0.6 is 0 Å². The molecule has 0 unspecified atom stereocenters.